The Morgan fingerprint density at radius 3 is 3.06 bits per heavy atom. The summed E-state index contributed by atoms with van der Waals surface area (Å²) in [7, 11) is 0. The predicted octanol–water partition coefficient (Wildman–Crippen LogP) is 0.459. The van der Waals surface area contributed by atoms with Crippen LogP contribution in [0.2, 0.25) is 0 Å². The van der Waals surface area contributed by atoms with Gasteiger partial charge in [0.15, 0.2) is 11.2 Å². The zero-order valence-corrected chi connectivity index (χ0v) is 8.66. The molecule has 0 atom stereocenters. The second-order valence-electron chi connectivity index (χ2n) is 3.42. The van der Waals surface area contributed by atoms with Crippen molar-refractivity contribution in [2.75, 3.05) is 0 Å². The third kappa shape index (κ3) is 1.06. The van der Waals surface area contributed by atoms with Crippen LogP contribution in [0.4, 0.5) is 0 Å². The molecule has 0 amide bonds. The molecular formula is C10H9N5O. The molecule has 3 rings (SSSR count). The number of hydrogen-bond acceptors (Lipinski definition) is 4. The molecule has 0 aliphatic heterocycles. The molecule has 0 aromatic carbocycles. The van der Waals surface area contributed by atoms with Crippen molar-refractivity contribution in [2.45, 2.75) is 13.5 Å². The van der Waals surface area contributed by atoms with E-state index in [1.54, 1.807) is 4.40 Å². The van der Waals surface area contributed by atoms with Crippen molar-refractivity contribution in [3.8, 4) is 0 Å². The quantitative estimate of drug-likeness (QED) is 0.591. The van der Waals surface area contributed by atoms with E-state index < -0.39 is 0 Å². The van der Waals surface area contributed by atoms with Gasteiger partial charge in [0.1, 0.15) is 5.65 Å². The normalized spacial score (nSPS) is 11.3. The van der Waals surface area contributed by atoms with Crippen LogP contribution in [-0.4, -0.2) is 24.4 Å². The molecular weight excluding hydrogens is 206 g/mol. The molecule has 0 N–H and O–H groups in total. The van der Waals surface area contributed by atoms with Crippen molar-refractivity contribution in [3.05, 3.63) is 34.7 Å². The van der Waals surface area contributed by atoms with Gasteiger partial charge in [-0.15, -0.1) is 5.10 Å². The first kappa shape index (κ1) is 9.02. The van der Waals surface area contributed by atoms with Crippen molar-refractivity contribution in [3.63, 3.8) is 0 Å². The van der Waals surface area contributed by atoms with Crippen LogP contribution in [0.1, 0.15) is 6.92 Å². The van der Waals surface area contributed by atoms with Gasteiger partial charge in [0, 0.05) is 12.7 Å². The summed E-state index contributed by atoms with van der Waals surface area (Å²) in [6.07, 6.45) is 1.81. The van der Waals surface area contributed by atoms with Crippen LogP contribution in [0.15, 0.2) is 29.2 Å². The molecule has 0 fully saturated rings. The number of hydrogen-bond donors (Lipinski definition) is 0. The first-order chi connectivity index (χ1) is 7.81. The van der Waals surface area contributed by atoms with E-state index in [2.05, 4.69) is 15.3 Å². The molecule has 6 heteroatoms. The lowest BCUT2D eigenvalue weighted by Gasteiger charge is -1.96. The Bertz CT molecular complexity index is 727. The first-order valence-corrected chi connectivity index (χ1v) is 5.02. The Morgan fingerprint density at radius 1 is 1.38 bits per heavy atom. The maximum atomic E-state index is 11.9. The summed E-state index contributed by atoms with van der Waals surface area (Å²) in [5.74, 6) is 0. The highest BCUT2D eigenvalue weighted by atomic mass is 16.1. The fourth-order valence-corrected chi connectivity index (χ4v) is 1.69. The van der Waals surface area contributed by atoms with Crippen molar-refractivity contribution in [1.29, 1.82) is 0 Å². The van der Waals surface area contributed by atoms with Gasteiger partial charge in [-0.1, -0.05) is 11.3 Å². The van der Waals surface area contributed by atoms with Gasteiger partial charge in [0.2, 0.25) is 0 Å². The third-order valence-corrected chi connectivity index (χ3v) is 2.49. The van der Waals surface area contributed by atoms with Crippen LogP contribution in [0.5, 0.6) is 0 Å². The van der Waals surface area contributed by atoms with Crippen molar-refractivity contribution in [1.82, 2.24) is 24.4 Å². The zero-order valence-electron chi connectivity index (χ0n) is 8.66. The van der Waals surface area contributed by atoms with Gasteiger partial charge in [0.25, 0.3) is 5.56 Å². The summed E-state index contributed by atoms with van der Waals surface area (Å²) in [6.45, 7) is 2.34. The lowest BCUT2D eigenvalue weighted by Crippen LogP contribution is -2.23. The SMILES string of the molecule is CCn1nnc2c(nc3ccccn32)c1=O. The monoisotopic (exact) mass is 215 g/mol. The van der Waals surface area contributed by atoms with Gasteiger partial charge in [-0.3, -0.25) is 9.20 Å². The Labute approximate surface area is 90.1 Å². The minimum absolute atomic E-state index is 0.198. The molecule has 0 unspecified atom stereocenters. The number of aryl methyl sites for hydroxylation is 1. The first-order valence-electron chi connectivity index (χ1n) is 5.02. The Morgan fingerprint density at radius 2 is 2.25 bits per heavy atom. The molecule has 0 aliphatic rings. The summed E-state index contributed by atoms with van der Waals surface area (Å²) in [5, 5.41) is 7.85. The van der Waals surface area contributed by atoms with E-state index in [-0.39, 0.29) is 5.56 Å². The standard InChI is InChI=1S/C10H9N5O/c1-2-15-10(16)8-9(12-13-15)14-6-4-3-5-7(14)11-8/h3-6H,2H2,1H3. The average molecular weight is 215 g/mol. The molecule has 0 spiro atoms. The number of imidazole rings is 1. The lowest BCUT2D eigenvalue weighted by molar-refractivity contribution is 0.578. The van der Waals surface area contributed by atoms with E-state index >= 15 is 0 Å². The maximum Gasteiger partial charge on any atom is 0.297 e. The number of rotatable bonds is 1. The van der Waals surface area contributed by atoms with Gasteiger partial charge in [-0.25, -0.2) is 9.67 Å². The molecule has 16 heavy (non-hydrogen) atoms. The van der Waals surface area contributed by atoms with E-state index in [1.165, 1.54) is 4.68 Å². The van der Waals surface area contributed by atoms with Crippen LogP contribution in [0.25, 0.3) is 16.8 Å². The number of nitrogens with zero attached hydrogens (tertiary/aromatic N) is 5. The average Bonchev–Trinajstić information content (AvgIpc) is 2.69. The summed E-state index contributed by atoms with van der Waals surface area (Å²) in [6, 6.07) is 5.56. The van der Waals surface area contributed by atoms with Gasteiger partial charge >= 0.3 is 0 Å². The molecule has 0 aliphatic carbocycles. The summed E-state index contributed by atoms with van der Waals surface area (Å²) in [4.78, 5) is 16.2. The van der Waals surface area contributed by atoms with Crippen LogP contribution in [0, 0.1) is 0 Å². The van der Waals surface area contributed by atoms with Crippen LogP contribution < -0.4 is 5.56 Å². The molecule has 80 valence electrons. The summed E-state index contributed by atoms with van der Waals surface area (Å²) in [5.41, 5.74) is 1.38. The van der Waals surface area contributed by atoms with E-state index in [9.17, 15) is 4.79 Å². The van der Waals surface area contributed by atoms with E-state index in [4.69, 9.17) is 0 Å². The lowest BCUT2D eigenvalue weighted by atomic mass is 10.5. The van der Waals surface area contributed by atoms with Crippen LogP contribution in [0.3, 0.4) is 0 Å². The van der Waals surface area contributed by atoms with Gasteiger partial charge < -0.3 is 0 Å². The smallest absolute Gasteiger partial charge is 0.282 e. The second kappa shape index (κ2) is 3.13. The van der Waals surface area contributed by atoms with Crippen LogP contribution >= 0.6 is 0 Å². The highest BCUT2D eigenvalue weighted by Gasteiger charge is 2.10. The summed E-state index contributed by atoms with van der Waals surface area (Å²) >= 11 is 0. The Balaban J connectivity index is 2.55. The molecule has 3 aromatic rings. The Kier molecular flexibility index (Phi) is 1.76. The molecule has 0 bridgehead atoms. The molecule has 0 saturated heterocycles. The van der Waals surface area contributed by atoms with Crippen molar-refractivity contribution >= 4 is 16.8 Å². The number of aromatic nitrogens is 5. The van der Waals surface area contributed by atoms with E-state index in [0.717, 1.165) is 0 Å². The Hall–Kier alpha value is -2.24. The fraction of sp³-hybridized carbons (Fsp3) is 0.200. The molecule has 3 heterocycles. The predicted molar refractivity (Wildman–Crippen MR) is 58.2 cm³/mol. The van der Waals surface area contributed by atoms with Gasteiger partial charge in [0.05, 0.1) is 0 Å². The molecule has 0 saturated carbocycles. The largest absolute Gasteiger partial charge is 0.297 e. The van der Waals surface area contributed by atoms with Gasteiger partial charge in [-0.05, 0) is 19.1 Å². The second-order valence-corrected chi connectivity index (χ2v) is 3.42. The van der Waals surface area contributed by atoms with Gasteiger partial charge in [-0.2, -0.15) is 0 Å². The van der Waals surface area contributed by atoms with E-state index in [0.29, 0.717) is 23.4 Å². The van der Waals surface area contributed by atoms with Crippen molar-refractivity contribution in [2.24, 2.45) is 0 Å². The molecule has 3 aromatic heterocycles. The minimum Gasteiger partial charge on any atom is -0.282 e. The zero-order chi connectivity index (χ0) is 11.1. The third-order valence-electron chi connectivity index (χ3n) is 2.49. The molecule has 6 nitrogen and oxygen atoms in total. The molecule has 0 radical (unpaired) electrons. The van der Waals surface area contributed by atoms with Crippen molar-refractivity contribution < 1.29 is 0 Å². The summed E-state index contributed by atoms with van der Waals surface area (Å²) < 4.78 is 3.05. The highest BCUT2D eigenvalue weighted by molar-refractivity contribution is 5.74. The minimum atomic E-state index is -0.198. The number of fused-ring (bicyclic) bond motifs is 3. The highest BCUT2D eigenvalue weighted by Crippen LogP contribution is 2.08. The van der Waals surface area contributed by atoms with Crippen LogP contribution in [-0.2, 0) is 6.54 Å². The topological polar surface area (TPSA) is 65.1 Å². The number of pyridine rings is 1. The fourth-order valence-electron chi connectivity index (χ4n) is 1.69. The van der Waals surface area contributed by atoms with E-state index in [1.807, 2.05) is 31.3 Å². The maximum absolute atomic E-state index is 11.9.